The van der Waals surface area contributed by atoms with Gasteiger partial charge in [0.05, 0.1) is 29.9 Å². The van der Waals surface area contributed by atoms with Crippen LogP contribution >= 0.6 is 23.2 Å². The molecule has 0 bridgehead atoms. The zero-order valence-corrected chi connectivity index (χ0v) is 18.0. The first-order chi connectivity index (χ1) is 15.4. The van der Waals surface area contributed by atoms with Crippen LogP contribution in [0.2, 0.25) is 10.0 Å². The Bertz CT molecular complexity index is 1260. The molecule has 0 unspecified atom stereocenters. The molecule has 0 aliphatic rings. The van der Waals surface area contributed by atoms with E-state index in [1.54, 1.807) is 59.5 Å². The Balaban J connectivity index is 1.38. The van der Waals surface area contributed by atoms with E-state index in [0.29, 0.717) is 34.4 Å². The van der Waals surface area contributed by atoms with Crippen LogP contribution in [0.1, 0.15) is 21.5 Å². The minimum absolute atomic E-state index is 0.0710. The van der Waals surface area contributed by atoms with Crippen molar-refractivity contribution < 1.29 is 9.72 Å². The molecule has 0 aliphatic heterocycles. The Labute approximate surface area is 192 Å². The molecule has 2 aromatic carbocycles. The number of aromatic nitrogens is 4. The monoisotopic (exact) mass is 470 g/mol. The van der Waals surface area contributed by atoms with E-state index in [9.17, 15) is 14.9 Å². The maximum Gasteiger partial charge on any atom is 0.307 e. The summed E-state index contributed by atoms with van der Waals surface area (Å²) in [7, 11) is 0. The summed E-state index contributed by atoms with van der Waals surface area (Å²) in [6, 6.07) is 12.2. The summed E-state index contributed by atoms with van der Waals surface area (Å²) in [6.45, 7) is 0.724. The molecule has 0 atom stereocenters. The van der Waals surface area contributed by atoms with Gasteiger partial charge in [0.15, 0.2) is 0 Å². The van der Waals surface area contributed by atoms with E-state index in [-0.39, 0.29) is 11.6 Å². The van der Waals surface area contributed by atoms with E-state index in [0.717, 1.165) is 11.1 Å². The zero-order valence-electron chi connectivity index (χ0n) is 16.5. The van der Waals surface area contributed by atoms with E-state index in [2.05, 4.69) is 15.5 Å². The third kappa shape index (κ3) is 4.96. The van der Waals surface area contributed by atoms with E-state index in [4.69, 9.17) is 23.2 Å². The second-order valence-corrected chi connectivity index (χ2v) is 7.75. The van der Waals surface area contributed by atoms with Gasteiger partial charge in [-0.05, 0) is 29.8 Å². The van der Waals surface area contributed by atoms with Crippen molar-refractivity contribution in [2.45, 2.75) is 13.1 Å². The second kappa shape index (κ2) is 9.21. The van der Waals surface area contributed by atoms with Crippen LogP contribution in [-0.4, -0.2) is 30.4 Å². The number of amides is 1. The van der Waals surface area contributed by atoms with Gasteiger partial charge in [-0.3, -0.25) is 24.3 Å². The zero-order chi connectivity index (χ0) is 22.7. The van der Waals surface area contributed by atoms with Gasteiger partial charge in [-0.15, -0.1) is 0 Å². The molecule has 4 rings (SSSR count). The lowest BCUT2D eigenvalue weighted by Crippen LogP contribution is -2.11. The molecule has 0 saturated heterocycles. The maximum absolute atomic E-state index is 12.6. The van der Waals surface area contributed by atoms with Crippen molar-refractivity contribution >= 4 is 40.5 Å². The van der Waals surface area contributed by atoms with E-state index in [1.807, 2.05) is 0 Å². The fourth-order valence-corrected chi connectivity index (χ4v) is 3.56. The Kier molecular flexibility index (Phi) is 6.20. The number of hydrogen-bond donors (Lipinski definition) is 1. The highest BCUT2D eigenvalue weighted by molar-refractivity contribution is 6.35. The fourth-order valence-electron chi connectivity index (χ4n) is 3.05. The van der Waals surface area contributed by atoms with Gasteiger partial charge >= 0.3 is 5.69 Å². The number of nitrogens with one attached hydrogen (secondary N) is 1. The summed E-state index contributed by atoms with van der Waals surface area (Å²) in [5, 5.41) is 22.8. The lowest BCUT2D eigenvalue weighted by molar-refractivity contribution is -0.385. The third-order valence-corrected chi connectivity index (χ3v) is 5.37. The van der Waals surface area contributed by atoms with Crippen molar-refractivity contribution in [3.63, 3.8) is 0 Å². The van der Waals surface area contributed by atoms with Crippen molar-refractivity contribution in [3.8, 4) is 0 Å². The number of hydrogen-bond acceptors (Lipinski definition) is 5. The third-order valence-electron chi connectivity index (χ3n) is 4.66. The molecule has 2 heterocycles. The number of halogens is 2. The normalized spacial score (nSPS) is 10.8. The minimum atomic E-state index is -0.498. The van der Waals surface area contributed by atoms with E-state index >= 15 is 0 Å². The topological polar surface area (TPSA) is 108 Å². The number of rotatable bonds is 7. The predicted octanol–water partition coefficient (Wildman–Crippen LogP) is 4.64. The summed E-state index contributed by atoms with van der Waals surface area (Å²) in [4.78, 5) is 22.8. The number of nitrogens with zero attached hydrogens (tertiary/aromatic N) is 5. The highest BCUT2D eigenvalue weighted by atomic mass is 35.5. The molecule has 4 aromatic rings. The molecule has 2 aromatic heterocycles. The first-order valence-electron chi connectivity index (χ1n) is 9.41. The maximum atomic E-state index is 12.6. The van der Waals surface area contributed by atoms with Crippen LogP contribution in [0.3, 0.4) is 0 Å². The summed E-state index contributed by atoms with van der Waals surface area (Å²) in [5.74, 6) is -0.290. The predicted molar refractivity (Wildman–Crippen MR) is 120 cm³/mol. The molecule has 11 heteroatoms. The molecule has 0 spiro atoms. The minimum Gasteiger partial charge on any atom is -0.319 e. The molecule has 0 radical (unpaired) electrons. The van der Waals surface area contributed by atoms with Crippen LogP contribution in [0.15, 0.2) is 67.3 Å². The van der Waals surface area contributed by atoms with Gasteiger partial charge in [0.25, 0.3) is 5.91 Å². The summed E-state index contributed by atoms with van der Waals surface area (Å²) >= 11 is 12.4. The van der Waals surface area contributed by atoms with Gasteiger partial charge in [-0.1, -0.05) is 41.4 Å². The van der Waals surface area contributed by atoms with Crippen LogP contribution < -0.4 is 5.32 Å². The molecular formula is C21H16Cl2N6O3. The Morgan fingerprint density at radius 2 is 1.62 bits per heavy atom. The largest absolute Gasteiger partial charge is 0.319 e. The quantitative estimate of drug-likeness (QED) is 0.312. The second-order valence-electron chi connectivity index (χ2n) is 6.93. The first kappa shape index (κ1) is 21.5. The van der Waals surface area contributed by atoms with Crippen molar-refractivity contribution in [2.75, 3.05) is 5.32 Å². The van der Waals surface area contributed by atoms with E-state index in [1.165, 1.54) is 17.1 Å². The highest BCUT2D eigenvalue weighted by Gasteiger charge is 2.12. The van der Waals surface area contributed by atoms with Crippen LogP contribution in [0, 0.1) is 10.1 Å². The average molecular weight is 471 g/mol. The van der Waals surface area contributed by atoms with Gasteiger partial charge in [0.1, 0.15) is 12.4 Å². The van der Waals surface area contributed by atoms with Crippen molar-refractivity contribution in [3.05, 3.63) is 104 Å². The van der Waals surface area contributed by atoms with Crippen molar-refractivity contribution in [1.29, 1.82) is 0 Å². The van der Waals surface area contributed by atoms with Gasteiger partial charge in [0.2, 0.25) is 0 Å². The lowest BCUT2D eigenvalue weighted by atomic mass is 10.1. The molecule has 0 saturated carbocycles. The molecule has 1 N–H and O–H groups in total. The molecule has 0 aliphatic carbocycles. The Morgan fingerprint density at radius 3 is 2.28 bits per heavy atom. The Hall–Kier alpha value is -3.69. The average Bonchev–Trinajstić information content (AvgIpc) is 3.41. The Morgan fingerprint density at radius 1 is 0.969 bits per heavy atom. The van der Waals surface area contributed by atoms with Crippen molar-refractivity contribution in [2.24, 2.45) is 0 Å². The summed E-state index contributed by atoms with van der Waals surface area (Å²) in [5.41, 5.74) is 2.52. The van der Waals surface area contributed by atoms with Crippen LogP contribution in [0.5, 0.6) is 0 Å². The number of anilines is 1. The molecule has 1 amide bonds. The molecule has 9 nitrogen and oxygen atoms in total. The number of benzene rings is 2. The lowest BCUT2D eigenvalue weighted by Gasteiger charge is -2.07. The molecule has 32 heavy (non-hydrogen) atoms. The molecule has 162 valence electrons. The van der Waals surface area contributed by atoms with Crippen LogP contribution in [-0.2, 0) is 13.1 Å². The van der Waals surface area contributed by atoms with Gasteiger partial charge < -0.3 is 5.32 Å². The van der Waals surface area contributed by atoms with Crippen LogP contribution in [0.4, 0.5) is 11.4 Å². The molecular weight excluding hydrogens is 455 g/mol. The van der Waals surface area contributed by atoms with Gasteiger partial charge in [0, 0.05) is 27.4 Å². The van der Waals surface area contributed by atoms with E-state index < -0.39 is 4.92 Å². The summed E-state index contributed by atoms with van der Waals surface area (Å²) in [6.07, 6.45) is 5.79. The first-order valence-corrected chi connectivity index (χ1v) is 10.2. The number of carbonyl (C=O) groups is 1. The fraction of sp³-hybridized carbons (Fsp3) is 0.0952. The highest BCUT2D eigenvalue weighted by Crippen LogP contribution is 2.25. The number of carbonyl (C=O) groups excluding carboxylic acids is 1. The van der Waals surface area contributed by atoms with Gasteiger partial charge in [-0.25, -0.2) is 0 Å². The summed E-state index contributed by atoms with van der Waals surface area (Å²) < 4.78 is 3.10. The smallest absolute Gasteiger partial charge is 0.307 e. The van der Waals surface area contributed by atoms with Crippen molar-refractivity contribution in [1.82, 2.24) is 19.6 Å². The molecule has 0 fully saturated rings. The SMILES string of the molecule is O=C(Nc1cnn(Cc2c(Cl)cccc2Cl)c1)c1ccc(Cn2cc([N+](=O)[O-])cn2)cc1. The standard InChI is InChI=1S/C21H16Cl2N6O3/c22-19-2-1-3-20(23)18(19)13-28-11-16(8-24-28)26-21(30)15-6-4-14(5-7-15)10-27-12-17(9-25-27)29(31)32/h1-9,11-12H,10,13H2,(H,26,30). The number of nitro groups is 1. The van der Waals surface area contributed by atoms with Gasteiger partial charge in [-0.2, -0.15) is 10.2 Å². The van der Waals surface area contributed by atoms with Crippen LogP contribution in [0.25, 0.3) is 0 Å².